The molecule has 1 heterocycles. The summed E-state index contributed by atoms with van der Waals surface area (Å²) in [5.41, 5.74) is 2.93. The minimum Gasteiger partial charge on any atom is -0.390 e. The maximum absolute atomic E-state index is 13.4. The van der Waals surface area contributed by atoms with Crippen LogP contribution in [0.4, 0.5) is 0 Å². The second-order valence-corrected chi connectivity index (χ2v) is 10.8. The lowest BCUT2D eigenvalue weighted by atomic mass is 9.84. The van der Waals surface area contributed by atoms with E-state index in [0.29, 0.717) is 19.4 Å². The van der Waals surface area contributed by atoms with Crippen LogP contribution in [0.25, 0.3) is 0 Å². The molecule has 7 heteroatoms. The van der Waals surface area contributed by atoms with Gasteiger partial charge in [0, 0.05) is 42.6 Å². The Labute approximate surface area is 224 Å². The topological polar surface area (TPSA) is 73.8 Å². The molecule has 35 heavy (non-hydrogen) atoms. The number of nitrogens with one attached hydrogen (secondary N) is 2. The number of alkyl halides is 1. The number of carbonyl (C=O) groups excluding carboxylic acids is 1. The van der Waals surface area contributed by atoms with Crippen LogP contribution in [-0.2, 0) is 26.8 Å². The molecule has 0 aliphatic carbocycles. The van der Waals surface area contributed by atoms with Crippen molar-refractivity contribution in [3.8, 4) is 0 Å². The van der Waals surface area contributed by atoms with Crippen molar-refractivity contribution in [2.75, 3.05) is 45.9 Å². The number of hydrogen-bond donors (Lipinski definition) is 3. The highest BCUT2D eigenvalue weighted by atomic mass is 127. The molecule has 0 spiro atoms. The van der Waals surface area contributed by atoms with E-state index in [9.17, 15) is 9.90 Å². The first-order valence-electron chi connectivity index (χ1n) is 12.5. The van der Waals surface area contributed by atoms with Crippen LogP contribution in [0, 0.1) is 5.41 Å². The SMILES string of the molecule is CC(C)(Cc1ccc(CI)cc1)C(=O)N[C@@H](Cc1ccccc1)[C@H](O)CNCCN1CCOCC1. The summed E-state index contributed by atoms with van der Waals surface area (Å²) in [5.74, 6) is -0.0382. The average molecular weight is 594 g/mol. The fourth-order valence-corrected chi connectivity index (χ4v) is 4.81. The molecule has 1 fully saturated rings. The first-order valence-corrected chi connectivity index (χ1v) is 14.1. The van der Waals surface area contributed by atoms with Crippen molar-refractivity contribution >= 4 is 28.5 Å². The van der Waals surface area contributed by atoms with Crippen molar-refractivity contribution in [3.05, 3.63) is 71.3 Å². The Morgan fingerprint density at radius 1 is 1.06 bits per heavy atom. The lowest BCUT2D eigenvalue weighted by molar-refractivity contribution is -0.131. The number of aliphatic hydroxyl groups excluding tert-OH is 1. The molecule has 1 saturated heterocycles. The summed E-state index contributed by atoms with van der Waals surface area (Å²) in [6, 6.07) is 18.1. The van der Waals surface area contributed by atoms with Gasteiger partial charge >= 0.3 is 0 Å². The quantitative estimate of drug-likeness (QED) is 0.189. The van der Waals surface area contributed by atoms with Gasteiger partial charge in [-0.05, 0) is 29.5 Å². The van der Waals surface area contributed by atoms with Crippen LogP contribution in [0.1, 0.15) is 30.5 Å². The lowest BCUT2D eigenvalue weighted by Gasteiger charge is -2.31. The van der Waals surface area contributed by atoms with Crippen molar-refractivity contribution in [1.82, 2.24) is 15.5 Å². The highest BCUT2D eigenvalue weighted by molar-refractivity contribution is 14.1. The van der Waals surface area contributed by atoms with Gasteiger partial charge in [0.2, 0.25) is 5.91 Å². The molecule has 192 valence electrons. The van der Waals surface area contributed by atoms with Gasteiger partial charge in [0.05, 0.1) is 25.4 Å². The lowest BCUT2D eigenvalue weighted by Crippen LogP contribution is -2.52. The number of ether oxygens (including phenoxy) is 1. The van der Waals surface area contributed by atoms with Crippen LogP contribution in [0.15, 0.2) is 54.6 Å². The number of halogens is 1. The monoisotopic (exact) mass is 593 g/mol. The molecule has 2 aromatic rings. The Morgan fingerprint density at radius 3 is 2.37 bits per heavy atom. The van der Waals surface area contributed by atoms with E-state index in [1.165, 1.54) is 5.56 Å². The maximum atomic E-state index is 13.4. The van der Waals surface area contributed by atoms with E-state index < -0.39 is 11.5 Å². The first kappa shape index (κ1) is 28.1. The second kappa shape index (κ2) is 14.3. The molecule has 3 N–H and O–H groups in total. The molecule has 6 nitrogen and oxygen atoms in total. The molecule has 2 aromatic carbocycles. The predicted octanol–water partition coefficient (Wildman–Crippen LogP) is 3.20. The number of aliphatic hydroxyl groups is 1. The van der Waals surface area contributed by atoms with E-state index in [1.807, 2.05) is 44.2 Å². The molecule has 0 aromatic heterocycles. The molecule has 3 rings (SSSR count). The minimum atomic E-state index is -0.692. The highest BCUT2D eigenvalue weighted by Gasteiger charge is 2.31. The Balaban J connectivity index is 1.58. The van der Waals surface area contributed by atoms with Crippen LogP contribution in [0.5, 0.6) is 0 Å². The summed E-state index contributed by atoms with van der Waals surface area (Å²) in [5, 5.41) is 17.6. The summed E-state index contributed by atoms with van der Waals surface area (Å²) >= 11 is 2.35. The fraction of sp³-hybridized carbons (Fsp3) is 0.536. The first-order chi connectivity index (χ1) is 16.9. The zero-order valence-electron chi connectivity index (χ0n) is 21.0. The molecule has 0 bridgehead atoms. The highest BCUT2D eigenvalue weighted by Crippen LogP contribution is 2.23. The van der Waals surface area contributed by atoms with Crippen LogP contribution < -0.4 is 10.6 Å². The molecule has 1 aliphatic heterocycles. The fourth-order valence-electron chi connectivity index (χ4n) is 4.31. The third-order valence-corrected chi connectivity index (χ3v) is 7.46. The molecular formula is C28H40IN3O3. The van der Waals surface area contributed by atoms with Crippen molar-refractivity contribution in [2.24, 2.45) is 5.41 Å². The molecular weight excluding hydrogens is 553 g/mol. The van der Waals surface area contributed by atoms with Gasteiger partial charge in [0.1, 0.15) is 0 Å². The van der Waals surface area contributed by atoms with Crippen LogP contribution in [0.3, 0.4) is 0 Å². The third-order valence-electron chi connectivity index (χ3n) is 6.58. The number of hydrogen-bond acceptors (Lipinski definition) is 5. The van der Waals surface area contributed by atoms with Crippen molar-refractivity contribution < 1.29 is 14.6 Å². The van der Waals surface area contributed by atoms with Gasteiger partial charge in [0.25, 0.3) is 0 Å². The summed E-state index contributed by atoms with van der Waals surface area (Å²) in [6.45, 7) is 9.57. The van der Waals surface area contributed by atoms with Gasteiger partial charge in [-0.2, -0.15) is 0 Å². The second-order valence-electron chi connectivity index (χ2n) is 10.0. The van der Waals surface area contributed by atoms with Gasteiger partial charge < -0.3 is 20.5 Å². The Kier molecular flexibility index (Phi) is 11.4. The number of rotatable bonds is 13. The Morgan fingerprint density at radius 2 is 1.71 bits per heavy atom. The van der Waals surface area contributed by atoms with E-state index in [0.717, 1.165) is 54.9 Å². The van der Waals surface area contributed by atoms with Gasteiger partial charge in [-0.25, -0.2) is 0 Å². The van der Waals surface area contributed by atoms with E-state index in [2.05, 4.69) is 62.4 Å². The molecule has 0 unspecified atom stereocenters. The number of carbonyl (C=O) groups is 1. The number of nitrogens with zero attached hydrogens (tertiary/aromatic N) is 1. The normalized spacial score (nSPS) is 16.6. The Hall–Kier alpha value is -1.52. The minimum absolute atomic E-state index is 0.0382. The van der Waals surface area contributed by atoms with Crippen LogP contribution >= 0.6 is 22.6 Å². The Bertz CT molecular complexity index is 886. The summed E-state index contributed by atoms with van der Waals surface area (Å²) < 4.78 is 6.38. The largest absolute Gasteiger partial charge is 0.390 e. The predicted molar refractivity (Wildman–Crippen MR) is 150 cm³/mol. The standard InChI is InChI=1S/C28H40IN3O3/c1-28(2,19-23-8-10-24(20-29)11-9-23)27(34)31-25(18-22-6-4-3-5-7-22)26(33)21-30-12-13-32-14-16-35-17-15-32/h3-11,25-26,30,33H,12-21H2,1-2H3,(H,31,34)/t25-,26+/m0/s1. The van der Waals surface area contributed by atoms with E-state index in [-0.39, 0.29) is 11.9 Å². The zero-order chi connectivity index (χ0) is 25.1. The van der Waals surface area contributed by atoms with Crippen LogP contribution in [0.2, 0.25) is 0 Å². The smallest absolute Gasteiger partial charge is 0.226 e. The van der Waals surface area contributed by atoms with Crippen molar-refractivity contribution in [3.63, 3.8) is 0 Å². The molecule has 0 saturated carbocycles. The number of morpholine rings is 1. The van der Waals surface area contributed by atoms with Gasteiger partial charge in [0.15, 0.2) is 0 Å². The van der Waals surface area contributed by atoms with E-state index in [4.69, 9.17) is 4.74 Å². The number of benzene rings is 2. The molecule has 0 radical (unpaired) electrons. The van der Waals surface area contributed by atoms with Crippen molar-refractivity contribution in [2.45, 2.75) is 43.3 Å². The summed E-state index contributed by atoms with van der Waals surface area (Å²) in [4.78, 5) is 15.7. The maximum Gasteiger partial charge on any atom is 0.226 e. The van der Waals surface area contributed by atoms with E-state index in [1.54, 1.807) is 0 Å². The van der Waals surface area contributed by atoms with Crippen LogP contribution in [-0.4, -0.2) is 74.0 Å². The summed E-state index contributed by atoms with van der Waals surface area (Å²) in [6.07, 6.45) is 0.536. The summed E-state index contributed by atoms with van der Waals surface area (Å²) in [7, 11) is 0. The number of amides is 1. The third kappa shape index (κ3) is 9.46. The molecule has 1 aliphatic rings. The van der Waals surface area contributed by atoms with Gasteiger partial charge in [-0.1, -0.05) is 91.0 Å². The van der Waals surface area contributed by atoms with Crippen molar-refractivity contribution in [1.29, 1.82) is 0 Å². The van der Waals surface area contributed by atoms with Gasteiger partial charge in [-0.15, -0.1) is 0 Å². The van der Waals surface area contributed by atoms with E-state index >= 15 is 0 Å². The molecule has 1 amide bonds. The molecule has 2 atom stereocenters. The average Bonchev–Trinajstić information content (AvgIpc) is 2.87. The zero-order valence-corrected chi connectivity index (χ0v) is 23.2. The van der Waals surface area contributed by atoms with Gasteiger partial charge in [-0.3, -0.25) is 9.69 Å².